The summed E-state index contributed by atoms with van der Waals surface area (Å²) in [6.07, 6.45) is 3.19. The highest BCUT2D eigenvalue weighted by Gasteiger charge is 2.07. The number of aromatic amines is 1. The van der Waals surface area contributed by atoms with E-state index in [0.29, 0.717) is 5.56 Å². The van der Waals surface area contributed by atoms with Crippen molar-refractivity contribution in [3.05, 3.63) is 66.1 Å². The molecule has 2 aromatic heterocycles. The SMILES string of the molecule is Cc1cc(-c2cccc(NC(=O)c3ccncc3)c2)n[nH]1. The zero-order chi connectivity index (χ0) is 14.7. The third kappa shape index (κ3) is 2.97. The maximum absolute atomic E-state index is 12.1. The number of pyridine rings is 1. The molecule has 0 aliphatic heterocycles. The molecule has 0 spiro atoms. The summed E-state index contributed by atoms with van der Waals surface area (Å²) in [6.45, 7) is 1.95. The summed E-state index contributed by atoms with van der Waals surface area (Å²) < 4.78 is 0. The van der Waals surface area contributed by atoms with Crippen molar-refractivity contribution < 1.29 is 4.79 Å². The smallest absolute Gasteiger partial charge is 0.255 e. The Morgan fingerprint density at radius 2 is 1.95 bits per heavy atom. The van der Waals surface area contributed by atoms with Gasteiger partial charge in [-0.15, -0.1) is 0 Å². The van der Waals surface area contributed by atoms with Crippen molar-refractivity contribution in [2.45, 2.75) is 6.92 Å². The number of hydrogen-bond acceptors (Lipinski definition) is 3. The van der Waals surface area contributed by atoms with Crippen LogP contribution in [0.1, 0.15) is 16.1 Å². The molecule has 0 bridgehead atoms. The highest BCUT2D eigenvalue weighted by molar-refractivity contribution is 6.04. The van der Waals surface area contributed by atoms with Crippen molar-refractivity contribution >= 4 is 11.6 Å². The number of H-pyrrole nitrogens is 1. The van der Waals surface area contributed by atoms with Crippen LogP contribution in [0.15, 0.2) is 54.9 Å². The van der Waals surface area contributed by atoms with Gasteiger partial charge >= 0.3 is 0 Å². The van der Waals surface area contributed by atoms with Gasteiger partial charge in [-0.3, -0.25) is 14.9 Å². The number of rotatable bonds is 3. The van der Waals surface area contributed by atoms with E-state index in [1.165, 1.54) is 0 Å². The molecule has 0 fully saturated rings. The third-order valence-electron chi connectivity index (χ3n) is 3.06. The number of nitrogens with zero attached hydrogens (tertiary/aromatic N) is 2. The molecular formula is C16H14N4O. The maximum Gasteiger partial charge on any atom is 0.255 e. The Bertz CT molecular complexity index is 765. The first kappa shape index (κ1) is 13.1. The fourth-order valence-electron chi connectivity index (χ4n) is 2.03. The average molecular weight is 278 g/mol. The maximum atomic E-state index is 12.1. The molecule has 0 saturated carbocycles. The van der Waals surface area contributed by atoms with Gasteiger partial charge in [0.05, 0.1) is 5.69 Å². The molecule has 0 atom stereocenters. The largest absolute Gasteiger partial charge is 0.322 e. The number of aryl methyl sites for hydroxylation is 1. The molecule has 104 valence electrons. The summed E-state index contributed by atoms with van der Waals surface area (Å²) in [5.74, 6) is -0.159. The number of aromatic nitrogens is 3. The normalized spacial score (nSPS) is 10.3. The summed E-state index contributed by atoms with van der Waals surface area (Å²) >= 11 is 0. The quantitative estimate of drug-likeness (QED) is 0.773. The fourth-order valence-corrected chi connectivity index (χ4v) is 2.03. The van der Waals surface area contributed by atoms with E-state index in [0.717, 1.165) is 22.6 Å². The highest BCUT2D eigenvalue weighted by atomic mass is 16.1. The number of hydrogen-bond donors (Lipinski definition) is 2. The van der Waals surface area contributed by atoms with E-state index < -0.39 is 0 Å². The van der Waals surface area contributed by atoms with Crippen LogP contribution in [0, 0.1) is 6.92 Å². The molecule has 2 heterocycles. The second-order valence-corrected chi connectivity index (χ2v) is 4.71. The van der Waals surface area contributed by atoms with Crippen molar-refractivity contribution in [2.75, 3.05) is 5.32 Å². The molecule has 2 N–H and O–H groups in total. The third-order valence-corrected chi connectivity index (χ3v) is 3.06. The van der Waals surface area contributed by atoms with Crippen LogP contribution in [0.4, 0.5) is 5.69 Å². The molecular weight excluding hydrogens is 264 g/mol. The van der Waals surface area contributed by atoms with Gasteiger partial charge in [0.15, 0.2) is 0 Å². The van der Waals surface area contributed by atoms with E-state index in [4.69, 9.17) is 0 Å². The molecule has 0 aliphatic carbocycles. The van der Waals surface area contributed by atoms with Gasteiger partial charge in [-0.25, -0.2) is 0 Å². The van der Waals surface area contributed by atoms with E-state index in [-0.39, 0.29) is 5.91 Å². The van der Waals surface area contributed by atoms with Gasteiger partial charge in [-0.1, -0.05) is 12.1 Å². The zero-order valence-electron chi connectivity index (χ0n) is 11.5. The van der Waals surface area contributed by atoms with Crippen molar-refractivity contribution in [3.63, 3.8) is 0 Å². The van der Waals surface area contributed by atoms with Crippen LogP contribution in [-0.4, -0.2) is 21.1 Å². The van der Waals surface area contributed by atoms with E-state index in [1.54, 1.807) is 24.5 Å². The Kier molecular flexibility index (Phi) is 3.47. The number of anilines is 1. The monoisotopic (exact) mass is 278 g/mol. The fraction of sp³-hybridized carbons (Fsp3) is 0.0625. The Labute approximate surface area is 122 Å². The van der Waals surface area contributed by atoms with E-state index in [2.05, 4.69) is 20.5 Å². The second-order valence-electron chi connectivity index (χ2n) is 4.71. The summed E-state index contributed by atoms with van der Waals surface area (Å²) in [5.41, 5.74) is 4.11. The minimum absolute atomic E-state index is 0.159. The summed E-state index contributed by atoms with van der Waals surface area (Å²) in [4.78, 5) is 16.0. The first-order valence-corrected chi connectivity index (χ1v) is 6.56. The molecule has 0 radical (unpaired) electrons. The number of benzene rings is 1. The lowest BCUT2D eigenvalue weighted by Gasteiger charge is -2.06. The Morgan fingerprint density at radius 1 is 1.14 bits per heavy atom. The molecule has 5 heteroatoms. The molecule has 0 saturated heterocycles. The summed E-state index contributed by atoms with van der Waals surface area (Å²) in [6, 6.07) is 12.9. The second kappa shape index (κ2) is 5.58. The topological polar surface area (TPSA) is 70.7 Å². The van der Waals surface area contributed by atoms with Crippen molar-refractivity contribution in [2.24, 2.45) is 0 Å². The number of amides is 1. The van der Waals surface area contributed by atoms with E-state index >= 15 is 0 Å². The Hall–Kier alpha value is -2.95. The van der Waals surface area contributed by atoms with Crippen molar-refractivity contribution in [3.8, 4) is 11.3 Å². The molecule has 0 unspecified atom stereocenters. The molecule has 3 aromatic rings. The summed E-state index contributed by atoms with van der Waals surface area (Å²) in [7, 11) is 0. The average Bonchev–Trinajstić information content (AvgIpc) is 2.95. The number of carbonyl (C=O) groups excluding carboxylic acids is 1. The van der Waals surface area contributed by atoms with Crippen LogP contribution < -0.4 is 5.32 Å². The predicted molar refractivity (Wildman–Crippen MR) is 81.0 cm³/mol. The van der Waals surface area contributed by atoms with Crippen LogP contribution >= 0.6 is 0 Å². The molecule has 5 nitrogen and oxygen atoms in total. The van der Waals surface area contributed by atoms with Crippen molar-refractivity contribution in [1.82, 2.24) is 15.2 Å². The minimum Gasteiger partial charge on any atom is -0.322 e. The Balaban J connectivity index is 1.82. The van der Waals surface area contributed by atoms with Gasteiger partial charge < -0.3 is 5.32 Å². The predicted octanol–water partition coefficient (Wildman–Crippen LogP) is 3.03. The van der Waals surface area contributed by atoms with E-state index in [9.17, 15) is 4.79 Å². The summed E-state index contributed by atoms with van der Waals surface area (Å²) in [5, 5.41) is 10.00. The lowest BCUT2D eigenvalue weighted by molar-refractivity contribution is 0.102. The van der Waals surface area contributed by atoms with Gasteiger partial charge in [-0.2, -0.15) is 5.10 Å². The van der Waals surface area contributed by atoms with Crippen LogP contribution in [-0.2, 0) is 0 Å². The van der Waals surface area contributed by atoms with Crippen molar-refractivity contribution in [1.29, 1.82) is 0 Å². The van der Waals surface area contributed by atoms with Gasteiger partial charge in [0, 0.05) is 34.9 Å². The van der Waals surface area contributed by atoms with Gasteiger partial charge in [-0.05, 0) is 37.3 Å². The lowest BCUT2D eigenvalue weighted by atomic mass is 10.1. The van der Waals surface area contributed by atoms with Gasteiger partial charge in [0.1, 0.15) is 0 Å². The van der Waals surface area contributed by atoms with Crippen LogP contribution in [0.2, 0.25) is 0 Å². The number of nitrogens with one attached hydrogen (secondary N) is 2. The minimum atomic E-state index is -0.159. The molecule has 0 aliphatic rings. The van der Waals surface area contributed by atoms with Gasteiger partial charge in [0.2, 0.25) is 0 Å². The number of carbonyl (C=O) groups is 1. The van der Waals surface area contributed by atoms with Gasteiger partial charge in [0.25, 0.3) is 5.91 Å². The molecule has 21 heavy (non-hydrogen) atoms. The molecule has 3 rings (SSSR count). The molecule has 1 amide bonds. The van der Waals surface area contributed by atoms with E-state index in [1.807, 2.05) is 37.3 Å². The van der Waals surface area contributed by atoms with Crippen LogP contribution in [0.25, 0.3) is 11.3 Å². The lowest BCUT2D eigenvalue weighted by Crippen LogP contribution is -2.11. The van der Waals surface area contributed by atoms with Crippen LogP contribution in [0.5, 0.6) is 0 Å². The standard InChI is InChI=1S/C16H14N4O/c1-11-9-15(20-19-11)13-3-2-4-14(10-13)18-16(21)12-5-7-17-8-6-12/h2-10H,1H3,(H,18,21)(H,19,20). The first-order chi connectivity index (χ1) is 10.2. The first-order valence-electron chi connectivity index (χ1n) is 6.56. The highest BCUT2D eigenvalue weighted by Crippen LogP contribution is 2.21. The zero-order valence-corrected chi connectivity index (χ0v) is 11.5. The molecule has 1 aromatic carbocycles. The van der Waals surface area contributed by atoms with Crippen LogP contribution in [0.3, 0.4) is 0 Å². The Morgan fingerprint density at radius 3 is 2.67 bits per heavy atom.